The Morgan fingerprint density at radius 2 is 1.89 bits per heavy atom. The summed E-state index contributed by atoms with van der Waals surface area (Å²) in [7, 11) is 0. The van der Waals surface area contributed by atoms with Gasteiger partial charge >= 0.3 is 5.97 Å². The molecule has 1 aromatic carbocycles. The van der Waals surface area contributed by atoms with E-state index in [-0.39, 0.29) is 32.1 Å². The van der Waals surface area contributed by atoms with Crippen LogP contribution in [0.3, 0.4) is 0 Å². The van der Waals surface area contributed by atoms with Crippen molar-refractivity contribution in [3.05, 3.63) is 35.4 Å². The van der Waals surface area contributed by atoms with Crippen molar-refractivity contribution in [1.82, 2.24) is 0 Å². The zero-order valence-corrected chi connectivity index (χ0v) is 11.0. The van der Waals surface area contributed by atoms with E-state index in [4.69, 9.17) is 5.11 Å². The van der Waals surface area contributed by atoms with Crippen LogP contribution >= 0.6 is 0 Å². The van der Waals surface area contributed by atoms with Crippen LogP contribution in [0.1, 0.15) is 43.2 Å². The third-order valence-electron chi connectivity index (χ3n) is 4.06. The first kappa shape index (κ1) is 14.0. The van der Waals surface area contributed by atoms with E-state index >= 15 is 0 Å². The summed E-state index contributed by atoms with van der Waals surface area (Å²) < 4.78 is 26.7. The fraction of sp³-hybridized carbons (Fsp3) is 0.533. The molecule has 0 amide bonds. The Kier molecular flexibility index (Phi) is 3.61. The van der Waals surface area contributed by atoms with Gasteiger partial charge in [-0.05, 0) is 25.3 Å². The first-order chi connectivity index (χ1) is 8.83. The van der Waals surface area contributed by atoms with Crippen LogP contribution in [0, 0.1) is 6.92 Å². The van der Waals surface area contributed by atoms with Gasteiger partial charge in [-0.3, -0.25) is 4.79 Å². The van der Waals surface area contributed by atoms with E-state index in [0.29, 0.717) is 0 Å². The second-order valence-corrected chi connectivity index (χ2v) is 5.58. The van der Waals surface area contributed by atoms with Crippen LogP contribution in [-0.4, -0.2) is 17.0 Å². The molecule has 1 saturated carbocycles. The van der Waals surface area contributed by atoms with Crippen LogP contribution in [0.25, 0.3) is 0 Å². The molecule has 0 saturated heterocycles. The van der Waals surface area contributed by atoms with Gasteiger partial charge in [0.05, 0.1) is 6.42 Å². The van der Waals surface area contributed by atoms with Crippen LogP contribution in [0.4, 0.5) is 8.78 Å². The van der Waals surface area contributed by atoms with Gasteiger partial charge in [-0.1, -0.05) is 29.8 Å². The normalized spacial score (nSPS) is 21.0. The lowest BCUT2D eigenvalue weighted by atomic mass is 9.66. The third kappa shape index (κ3) is 3.11. The summed E-state index contributed by atoms with van der Waals surface area (Å²) in [4.78, 5) is 11.1. The molecule has 0 spiro atoms. The molecular formula is C15H18F2O2. The highest BCUT2D eigenvalue weighted by Crippen LogP contribution is 2.47. The number of aliphatic carboxylic acids is 1. The van der Waals surface area contributed by atoms with Crippen LogP contribution < -0.4 is 0 Å². The van der Waals surface area contributed by atoms with Crippen molar-refractivity contribution in [3.8, 4) is 0 Å². The van der Waals surface area contributed by atoms with Crippen molar-refractivity contribution in [3.63, 3.8) is 0 Å². The van der Waals surface area contributed by atoms with E-state index in [2.05, 4.69) is 0 Å². The second-order valence-electron chi connectivity index (χ2n) is 5.58. The highest BCUT2D eigenvalue weighted by Gasteiger charge is 2.45. The third-order valence-corrected chi connectivity index (χ3v) is 4.06. The molecule has 2 rings (SSSR count). The second kappa shape index (κ2) is 4.91. The maximum absolute atomic E-state index is 13.3. The molecule has 0 heterocycles. The molecule has 1 aromatic rings. The Labute approximate surface area is 111 Å². The maximum atomic E-state index is 13.3. The molecule has 104 valence electrons. The lowest BCUT2D eigenvalue weighted by Gasteiger charge is -2.39. The van der Waals surface area contributed by atoms with Gasteiger partial charge in [-0.15, -0.1) is 0 Å². The fourth-order valence-electron chi connectivity index (χ4n) is 2.93. The largest absolute Gasteiger partial charge is 0.481 e. The van der Waals surface area contributed by atoms with Gasteiger partial charge in [-0.25, -0.2) is 8.78 Å². The zero-order valence-electron chi connectivity index (χ0n) is 11.0. The monoisotopic (exact) mass is 268 g/mol. The summed E-state index contributed by atoms with van der Waals surface area (Å²) in [6, 6.07) is 7.57. The molecule has 1 aliphatic carbocycles. The number of rotatable bonds is 3. The van der Waals surface area contributed by atoms with E-state index in [9.17, 15) is 13.6 Å². The van der Waals surface area contributed by atoms with Gasteiger partial charge in [0.25, 0.3) is 0 Å². The molecule has 0 aromatic heterocycles. The van der Waals surface area contributed by atoms with Crippen molar-refractivity contribution < 1.29 is 18.7 Å². The number of hydrogen-bond donors (Lipinski definition) is 1. The molecule has 1 fully saturated rings. The van der Waals surface area contributed by atoms with E-state index in [1.54, 1.807) is 0 Å². The Bertz CT molecular complexity index is 473. The van der Waals surface area contributed by atoms with E-state index in [1.807, 2.05) is 31.2 Å². The smallest absolute Gasteiger partial charge is 0.304 e. The molecule has 0 radical (unpaired) electrons. The first-order valence-corrected chi connectivity index (χ1v) is 6.50. The van der Waals surface area contributed by atoms with Gasteiger partial charge in [0.15, 0.2) is 0 Å². The van der Waals surface area contributed by atoms with Crippen molar-refractivity contribution in [2.75, 3.05) is 0 Å². The summed E-state index contributed by atoms with van der Waals surface area (Å²) in [6.45, 7) is 1.93. The average Bonchev–Trinajstić information content (AvgIpc) is 2.32. The van der Waals surface area contributed by atoms with Crippen molar-refractivity contribution in [2.24, 2.45) is 0 Å². The Morgan fingerprint density at radius 3 is 2.42 bits per heavy atom. The molecule has 19 heavy (non-hydrogen) atoms. The van der Waals surface area contributed by atoms with Crippen LogP contribution in [0.5, 0.6) is 0 Å². The standard InChI is InChI=1S/C15H18F2O2/c1-11-3-2-4-12(9-11)14(10-13(18)19)5-7-15(16,17)8-6-14/h2-4,9H,5-8,10H2,1H3,(H,18,19). The van der Waals surface area contributed by atoms with E-state index < -0.39 is 17.3 Å². The molecule has 4 heteroatoms. The van der Waals surface area contributed by atoms with Gasteiger partial charge < -0.3 is 5.11 Å². The summed E-state index contributed by atoms with van der Waals surface area (Å²) >= 11 is 0. The molecule has 1 aliphatic rings. The summed E-state index contributed by atoms with van der Waals surface area (Å²) in [5.74, 6) is -3.57. The number of carbonyl (C=O) groups is 1. The number of benzene rings is 1. The summed E-state index contributed by atoms with van der Waals surface area (Å²) in [5.41, 5.74) is 1.27. The highest BCUT2D eigenvalue weighted by molar-refractivity contribution is 5.69. The number of hydrogen-bond acceptors (Lipinski definition) is 1. The maximum Gasteiger partial charge on any atom is 0.304 e. The number of carboxylic acids is 1. The van der Waals surface area contributed by atoms with Crippen LogP contribution in [0.2, 0.25) is 0 Å². The van der Waals surface area contributed by atoms with E-state index in [1.165, 1.54) is 0 Å². The molecule has 0 unspecified atom stereocenters. The van der Waals surface area contributed by atoms with Crippen molar-refractivity contribution in [1.29, 1.82) is 0 Å². The Balaban J connectivity index is 2.33. The van der Waals surface area contributed by atoms with Gasteiger partial charge in [0, 0.05) is 18.3 Å². The minimum atomic E-state index is -2.65. The van der Waals surface area contributed by atoms with Gasteiger partial charge in [-0.2, -0.15) is 0 Å². The number of alkyl halides is 2. The minimum absolute atomic E-state index is 0.0769. The quantitative estimate of drug-likeness (QED) is 0.902. The molecule has 1 N–H and O–H groups in total. The van der Waals surface area contributed by atoms with Gasteiger partial charge in [0.2, 0.25) is 5.92 Å². The lowest BCUT2D eigenvalue weighted by Crippen LogP contribution is -2.38. The molecule has 2 nitrogen and oxygen atoms in total. The zero-order chi connectivity index (χ0) is 14.1. The first-order valence-electron chi connectivity index (χ1n) is 6.50. The predicted molar refractivity (Wildman–Crippen MR) is 68.5 cm³/mol. The van der Waals surface area contributed by atoms with Crippen LogP contribution in [-0.2, 0) is 10.2 Å². The minimum Gasteiger partial charge on any atom is -0.481 e. The molecule has 0 atom stereocenters. The van der Waals surface area contributed by atoms with Gasteiger partial charge in [0.1, 0.15) is 0 Å². The number of carboxylic acid groups (broad SMARTS) is 1. The predicted octanol–water partition coefficient (Wildman–Crippen LogP) is 3.92. The SMILES string of the molecule is Cc1cccc(C2(CC(=O)O)CCC(F)(F)CC2)c1. The Morgan fingerprint density at radius 1 is 1.26 bits per heavy atom. The van der Waals surface area contributed by atoms with Crippen molar-refractivity contribution >= 4 is 5.97 Å². The molecule has 0 aliphatic heterocycles. The number of halogens is 2. The average molecular weight is 268 g/mol. The number of aryl methyl sites for hydroxylation is 1. The molecular weight excluding hydrogens is 250 g/mol. The summed E-state index contributed by atoms with van der Waals surface area (Å²) in [5, 5.41) is 9.10. The highest BCUT2D eigenvalue weighted by atomic mass is 19.3. The lowest BCUT2D eigenvalue weighted by molar-refractivity contribution is -0.140. The van der Waals surface area contributed by atoms with Crippen LogP contribution in [0.15, 0.2) is 24.3 Å². The topological polar surface area (TPSA) is 37.3 Å². The molecule has 0 bridgehead atoms. The summed E-state index contributed by atoms with van der Waals surface area (Å²) in [6.07, 6.45) is -0.0690. The Hall–Kier alpha value is -1.45. The fourth-order valence-corrected chi connectivity index (χ4v) is 2.93. The van der Waals surface area contributed by atoms with Crippen molar-refractivity contribution in [2.45, 2.75) is 50.4 Å². The van der Waals surface area contributed by atoms with E-state index in [0.717, 1.165) is 11.1 Å².